The highest BCUT2D eigenvalue weighted by Gasteiger charge is 2.14. The Labute approximate surface area is 67.5 Å². The van der Waals surface area contributed by atoms with Crippen molar-refractivity contribution in [2.45, 2.75) is 6.92 Å². The third-order valence-corrected chi connectivity index (χ3v) is 2.29. The molecule has 0 aromatic carbocycles. The molecule has 0 radical (unpaired) electrons. The van der Waals surface area contributed by atoms with Crippen LogP contribution >= 0.6 is 11.3 Å². The van der Waals surface area contributed by atoms with Crippen LogP contribution in [0, 0.1) is 18.3 Å². The Morgan fingerprint density at radius 1 is 1.82 bits per heavy atom. The van der Waals surface area contributed by atoms with Gasteiger partial charge in [-0.25, -0.2) is 4.79 Å². The van der Waals surface area contributed by atoms with Crippen molar-refractivity contribution in [3.63, 3.8) is 0 Å². The first-order chi connectivity index (χ1) is 5.16. The van der Waals surface area contributed by atoms with E-state index in [9.17, 15) is 4.79 Å². The van der Waals surface area contributed by atoms with Gasteiger partial charge >= 0.3 is 5.97 Å². The van der Waals surface area contributed by atoms with Crippen molar-refractivity contribution in [1.29, 1.82) is 5.26 Å². The van der Waals surface area contributed by atoms with Gasteiger partial charge in [0.2, 0.25) is 0 Å². The van der Waals surface area contributed by atoms with Crippen molar-refractivity contribution in [3.05, 3.63) is 21.4 Å². The lowest BCUT2D eigenvalue weighted by atomic mass is 10.2. The monoisotopic (exact) mass is 167 g/mol. The Morgan fingerprint density at radius 3 is 2.82 bits per heavy atom. The van der Waals surface area contributed by atoms with Crippen LogP contribution in [0.5, 0.6) is 0 Å². The molecule has 56 valence electrons. The average Bonchev–Trinajstić information content (AvgIpc) is 2.30. The molecule has 11 heavy (non-hydrogen) atoms. The van der Waals surface area contributed by atoms with Gasteiger partial charge in [-0.3, -0.25) is 0 Å². The van der Waals surface area contributed by atoms with Crippen molar-refractivity contribution in [2.75, 3.05) is 0 Å². The van der Waals surface area contributed by atoms with Crippen LogP contribution in [0.15, 0.2) is 5.38 Å². The lowest BCUT2D eigenvalue weighted by Crippen LogP contribution is -1.98. The van der Waals surface area contributed by atoms with Gasteiger partial charge in [0.05, 0.1) is 5.56 Å². The number of rotatable bonds is 1. The summed E-state index contributed by atoms with van der Waals surface area (Å²) in [6.45, 7) is 1.68. The van der Waals surface area contributed by atoms with Gasteiger partial charge in [-0.1, -0.05) is 0 Å². The van der Waals surface area contributed by atoms with E-state index in [1.165, 1.54) is 0 Å². The summed E-state index contributed by atoms with van der Waals surface area (Å²) < 4.78 is 0. The molecule has 0 aliphatic heterocycles. The molecule has 1 aromatic rings. The van der Waals surface area contributed by atoms with Gasteiger partial charge < -0.3 is 5.11 Å². The molecule has 0 bridgehead atoms. The van der Waals surface area contributed by atoms with Gasteiger partial charge in [0.25, 0.3) is 0 Å². The third kappa shape index (κ3) is 1.23. The number of aryl methyl sites for hydroxylation is 1. The number of aromatic carboxylic acids is 1. The van der Waals surface area contributed by atoms with Crippen molar-refractivity contribution in [3.8, 4) is 6.07 Å². The molecule has 0 unspecified atom stereocenters. The molecular weight excluding hydrogens is 162 g/mol. The highest BCUT2D eigenvalue weighted by Crippen LogP contribution is 2.20. The Bertz CT molecular complexity index is 335. The number of hydrogen-bond donors (Lipinski definition) is 1. The number of carboxylic acids is 1. The predicted octanol–water partition coefficient (Wildman–Crippen LogP) is 1.63. The summed E-state index contributed by atoms with van der Waals surface area (Å²) in [4.78, 5) is 10.8. The number of nitrogens with zero attached hydrogens (tertiary/aromatic N) is 1. The highest BCUT2D eigenvalue weighted by atomic mass is 32.1. The van der Waals surface area contributed by atoms with Gasteiger partial charge in [-0.2, -0.15) is 5.26 Å². The van der Waals surface area contributed by atoms with Crippen LogP contribution in [0.3, 0.4) is 0 Å². The van der Waals surface area contributed by atoms with Gasteiger partial charge in [0, 0.05) is 0 Å². The quantitative estimate of drug-likeness (QED) is 0.691. The highest BCUT2D eigenvalue weighted by molar-refractivity contribution is 7.11. The van der Waals surface area contributed by atoms with Crippen LogP contribution in [0.2, 0.25) is 0 Å². The van der Waals surface area contributed by atoms with Crippen molar-refractivity contribution in [1.82, 2.24) is 0 Å². The summed E-state index contributed by atoms with van der Waals surface area (Å²) in [7, 11) is 0. The smallest absolute Gasteiger partial charge is 0.338 e. The van der Waals surface area contributed by atoms with E-state index in [1.807, 2.05) is 6.07 Å². The second-order valence-electron chi connectivity index (χ2n) is 2.04. The fraction of sp³-hybridized carbons (Fsp3) is 0.143. The maximum atomic E-state index is 10.5. The fourth-order valence-corrected chi connectivity index (χ4v) is 1.62. The van der Waals surface area contributed by atoms with Crippen molar-refractivity contribution < 1.29 is 9.90 Å². The summed E-state index contributed by atoms with van der Waals surface area (Å²) in [5.41, 5.74) is 0.788. The Balaban J connectivity index is 3.32. The zero-order valence-electron chi connectivity index (χ0n) is 5.79. The molecule has 1 N–H and O–H groups in total. The van der Waals surface area contributed by atoms with Crippen LogP contribution in [0.4, 0.5) is 0 Å². The average molecular weight is 167 g/mol. The summed E-state index contributed by atoms with van der Waals surface area (Å²) in [6.07, 6.45) is 0. The Kier molecular flexibility index (Phi) is 1.92. The van der Waals surface area contributed by atoms with Crippen LogP contribution < -0.4 is 0 Å². The van der Waals surface area contributed by atoms with Crippen LogP contribution in [-0.2, 0) is 0 Å². The first-order valence-electron chi connectivity index (χ1n) is 2.88. The molecule has 0 fully saturated rings. The molecule has 1 aromatic heterocycles. The minimum absolute atomic E-state index is 0.137. The van der Waals surface area contributed by atoms with Gasteiger partial charge in [-0.15, -0.1) is 11.3 Å². The molecule has 0 saturated carbocycles. The molecular formula is C7H5NO2S. The molecule has 0 amide bonds. The maximum Gasteiger partial charge on any atom is 0.338 e. The number of carbonyl (C=O) groups is 1. The SMILES string of the molecule is Cc1csc(C#N)c1C(=O)O. The number of nitriles is 1. The number of hydrogen-bond acceptors (Lipinski definition) is 3. The Morgan fingerprint density at radius 2 is 2.45 bits per heavy atom. The summed E-state index contributed by atoms with van der Waals surface area (Å²) in [6, 6.07) is 1.84. The minimum atomic E-state index is -1.03. The Hall–Kier alpha value is -1.34. The molecule has 0 atom stereocenters. The van der Waals surface area contributed by atoms with E-state index in [1.54, 1.807) is 12.3 Å². The van der Waals surface area contributed by atoms with Gasteiger partial charge in [0.1, 0.15) is 10.9 Å². The maximum absolute atomic E-state index is 10.5. The first-order valence-corrected chi connectivity index (χ1v) is 3.76. The second-order valence-corrected chi connectivity index (χ2v) is 2.92. The second kappa shape index (κ2) is 2.72. The van der Waals surface area contributed by atoms with Gasteiger partial charge in [-0.05, 0) is 17.9 Å². The standard InChI is InChI=1S/C7H5NO2S/c1-4-3-11-5(2-8)6(4)7(9)10/h3H,1H3,(H,9,10). The summed E-state index contributed by atoms with van der Waals surface area (Å²) >= 11 is 1.16. The van der Waals surface area contributed by atoms with Crippen LogP contribution in [-0.4, -0.2) is 11.1 Å². The molecule has 3 nitrogen and oxygen atoms in total. The van der Waals surface area contributed by atoms with Crippen LogP contribution in [0.1, 0.15) is 20.8 Å². The van der Waals surface area contributed by atoms with Gasteiger partial charge in [0.15, 0.2) is 0 Å². The topological polar surface area (TPSA) is 61.1 Å². The molecule has 0 saturated heterocycles. The lowest BCUT2D eigenvalue weighted by Gasteiger charge is -1.89. The molecule has 1 rings (SSSR count). The zero-order valence-corrected chi connectivity index (χ0v) is 6.60. The number of thiophene rings is 1. The predicted molar refractivity (Wildman–Crippen MR) is 40.7 cm³/mol. The van der Waals surface area contributed by atoms with Crippen LogP contribution in [0.25, 0.3) is 0 Å². The van der Waals surface area contributed by atoms with E-state index < -0.39 is 5.97 Å². The minimum Gasteiger partial charge on any atom is -0.478 e. The molecule has 0 aliphatic rings. The van der Waals surface area contributed by atoms with E-state index in [0.29, 0.717) is 5.56 Å². The van der Waals surface area contributed by atoms with Crippen molar-refractivity contribution in [2.24, 2.45) is 0 Å². The number of carboxylic acid groups (broad SMARTS) is 1. The van der Waals surface area contributed by atoms with E-state index in [-0.39, 0.29) is 10.4 Å². The van der Waals surface area contributed by atoms with E-state index in [0.717, 1.165) is 11.3 Å². The van der Waals surface area contributed by atoms with Crippen molar-refractivity contribution >= 4 is 17.3 Å². The molecule has 0 spiro atoms. The zero-order chi connectivity index (χ0) is 8.43. The van der Waals surface area contributed by atoms with E-state index in [2.05, 4.69) is 0 Å². The normalized spacial score (nSPS) is 9.09. The third-order valence-electron chi connectivity index (χ3n) is 1.29. The molecule has 1 heterocycles. The first kappa shape index (κ1) is 7.76. The summed E-state index contributed by atoms with van der Waals surface area (Å²) in [5.74, 6) is -1.03. The molecule has 4 heteroatoms. The van der Waals surface area contributed by atoms with E-state index in [4.69, 9.17) is 10.4 Å². The van der Waals surface area contributed by atoms with E-state index >= 15 is 0 Å². The molecule has 0 aliphatic carbocycles. The lowest BCUT2D eigenvalue weighted by molar-refractivity contribution is 0.0696. The fourth-order valence-electron chi connectivity index (χ4n) is 0.792. The summed E-state index contributed by atoms with van der Waals surface area (Å²) in [5, 5.41) is 18.8. The largest absolute Gasteiger partial charge is 0.478 e.